The summed E-state index contributed by atoms with van der Waals surface area (Å²) in [6.45, 7) is 2.59. The number of carbonyl (C=O) groups excluding carboxylic acids is 1. The highest BCUT2D eigenvalue weighted by atomic mass is 16.3. The van der Waals surface area contributed by atoms with E-state index in [2.05, 4.69) is 39.6 Å². The monoisotopic (exact) mass is 416 g/mol. The second kappa shape index (κ2) is 8.65. The molecular formula is C25H28N4O2. The Labute approximate surface area is 182 Å². The van der Waals surface area contributed by atoms with E-state index in [9.17, 15) is 9.90 Å². The number of aromatic nitrogens is 2. The van der Waals surface area contributed by atoms with Crippen LogP contribution in [0, 0.1) is 0 Å². The summed E-state index contributed by atoms with van der Waals surface area (Å²) in [6.07, 6.45) is 2.97. The van der Waals surface area contributed by atoms with E-state index in [-0.39, 0.29) is 12.5 Å². The van der Waals surface area contributed by atoms with Gasteiger partial charge in [-0.1, -0.05) is 54.6 Å². The van der Waals surface area contributed by atoms with E-state index in [1.165, 1.54) is 11.1 Å². The Morgan fingerprint density at radius 3 is 2.48 bits per heavy atom. The van der Waals surface area contributed by atoms with E-state index in [0.717, 1.165) is 49.2 Å². The van der Waals surface area contributed by atoms with Crippen LogP contribution in [0.4, 0.5) is 0 Å². The van der Waals surface area contributed by atoms with Gasteiger partial charge in [0.25, 0.3) is 5.91 Å². The quantitative estimate of drug-likeness (QED) is 0.647. The fourth-order valence-electron chi connectivity index (χ4n) is 4.94. The number of hydrogen-bond acceptors (Lipinski definition) is 4. The zero-order chi connectivity index (χ0) is 21.2. The van der Waals surface area contributed by atoms with E-state index in [0.29, 0.717) is 24.8 Å². The third-order valence-corrected chi connectivity index (χ3v) is 6.53. The number of nitrogens with zero attached hydrogens (tertiary/aromatic N) is 3. The maximum Gasteiger partial charge on any atom is 0.272 e. The van der Waals surface area contributed by atoms with Crippen LogP contribution < -0.4 is 5.32 Å². The molecular weight excluding hydrogens is 388 g/mol. The molecule has 1 aromatic heterocycles. The van der Waals surface area contributed by atoms with Crippen molar-refractivity contribution in [3.8, 4) is 0 Å². The Hall–Kier alpha value is -2.96. The molecule has 160 valence electrons. The average Bonchev–Trinajstić information content (AvgIpc) is 3.40. The molecule has 31 heavy (non-hydrogen) atoms. The van der Waals surface area contributed by atoms with Crippen LogP contribution in [-0.4, -0.2) is 44.9 Å². The predicted molar refractivity (Wildman–Crippen MR) is 119 cm³/mol. The lowest BCUT2D eigenvalue weighted by Crippen LogP contribution is -2.40. The second-order valence-electron chi connectivity index (χ2n) is 8.44. The Balaban J connectivity index is 1.35. The summed E-state index contributed by atoms with van der Waals surface area (Å²) >= 11 is 0. The molecule has 6 heteroatoms. The zero-order valence-corrected chi connectivity index (χ0v) is 17.6. The van der Waals surface area contributed by atoms with Gasteiger partial charge in [0.1, 0.15) is 0 Å². The van der Waals surface area contributed by atoms with Gasteiger partial charge in [0.15, 0.2) is 5.69 Å². The summed E-state index contributed by atoms with van der Waals surface area (Å²) in [5.41, 5.74) is 6.54. The number of aliphatic hydroxyl groups is 1. The fourth-order valence-corrected chi connectivity index (χ4v) is 4.94. The SMILES string of the molecule is O=C(NCc1ccccc1)c1nn(CCO)c2c1CN(C1Cc3ccccc3C1)CC2. The van der Waals surface area contributed by atoms with Gasteiger partial charge in [-0.05, 0) is 29.5 Å². The van der Waals surface area contributed by atoms with Crippen molar-refractivity contribution >= 4 is 5.91 Å². The molecule has 0 radical (unpaired) electrons. The first-order chi connectivity index (χ1) is 15.2. The molecule has 0 atom stereocenters. The van der Waals surface area contributed by atoms with Crippen LogP contribution in [0.15, 0.2) is 54.6 Å². The fraction of sp³-hybridized carbons (Fsp3) is 0.360. The van der Waals surface area contributed by atoms with Gasteiger partial charge >= 0.3 is 0 Å². The summed E-state index contributed by atoms with van der Waals surface area (Å²) in [7, 11) is 0. The van der Waals surface area contributed by atoms with Crippen molar-refractivity contribution in [2.75, 3.05) is 13.2 Å². The van der Waals surface area contributed by atoms with Crippen molar-refractivity contribution in [3.05, 3.63) is 88.2 Å². The van der Waals surface area contributed by atoms with Crippen LogP contribution in [0.25, 0.3) is 0 Å². The number of benzene rings is 2. The van der Waals surface area contributed by atoms with Gasteiger partial charge in [0.05, 0.1) is 13.2 Å². The molecule has 0 saturated carbocycles. The molecule has 0 unspecified atom stereocenters. The Bertz CT molecular complexity index is 1050. The van der Waals surface area contributed by atoms with E-state index in [1.807, 2.05) is 35.0 Å². The molecule has 3 aromatic rings. The predicted octanol–water partition coefficient (Wildman–Crippen LogP) is 2.33. The summed E-state index contributed by atoms with van der Waals surface area (Å²) in [4.78, 5) is 15.5. The summed E-state index contributed by atoms with van der Waals surface area (Å²) < 4.78 is 1.83. The van der Waals surface area contributed by atoms with Crippen LogP contribution in [0.1, 0.15) is 38.4 Å². The third-order valence-electron chi connectivity index (χ3n) is 6.53. The van der Waals surface area contributed by atoms with Crippen molar-refractivity contribution < 1.29 is 9.90 Å². The number of rotatable bonds is 6. The molecule has 1 aliphatic heterocycles. The van der Waals surface area contributed by atoms with E-state index in [4.69, 9.17) is 0 Å². The minimum Gasteiger partial charge on any atom is -0.394 e. The van der Waals surface area contributed by atoms with Gasteiger partial charge in [0, 0.05) is 43.4 Å². The minimum atomic E-state index is -0.145. The van der Waals surface area contributed by atoms with Gasteiger partial charge in [0.2, 0.25) is 0 Å². The van der Waals surface area contributed by atoms with Crippen molar-refractivity contribution in [1.82, 2.24) is 20.0 Å². The summed E-state index contributed by atoms with van der Waals surface area (Å²) in [5, 5.41) is 17.1. The van der Waals surface area contributed by atoms with Gasteiger partial charge in [-0.25, -0.2) is 0 Å². The Morgan fingerprint density at radius 1 is 1.06 bits per heavy atom. The van der Waals surface area contributed by atoms with Crippen LogP contribution in [-0.2, 0) is 38.9 Å². The molecule has 0 bridgehead atoms. The molecule has 1 aliphatic carbocycles. The Kier molecular flexibility index (Phi) is 5.57. The first-order valence-corrected chi connectivity index (χ1v) is 11.1. The maximum absolute atomic E-state index is 13.0. The number of nitrogens with one attached hydrogen (secondary N) is 1. The third kappa shape index (κ3) is 4.01. The number of hydrogen-bond donors (Lipinski definition) is 2. The van der Waals surface area contributed by atoms with Crippen molar-refractivity contribution in [2.45, 2.75) is 44.9 Å². The number of amides is 1. The molecule has 2 heterocycles. The lowest BCUT2D eigenvalue weighted by molar-refractivity contribution is 0.0941. The van der Waals surface area contributed by atoms with Crippen LogP contribution in [0.5, 0.6) is 0 Å². The molecule has 5 rings (SSSR count). The van der Waals surface area contributed by atoms with E-state index < -0.39 is 0 Å². The topological polar surface area (TPSA) is 70.4 Å². The van der Waals surface area contributed by atoms with Gasteiger partial charge in [-0.15, -0.1) is 0 Å². The molecule has 0 spiro atoms. The largest absolute Gasteiger partial charge is 0.394 e. The lowest BCUT2D eigenvalue weighted by Gasteiger charge is -2.32. The number of carbonyl (C=O) groups is 1. The molecule has 2 aromatic carbocycles. The van der Waals surface area contributed by atoms with Crippen molar-refractivity contribution in [3.63, 3.8) is 0 Å². The second-order valence-corrected chi connectivity index (χ2v) is 8.44. The maximum atomic E-state index is 13.0. The summed E-state index contributed by atoms with van der Waals surface area (Å²) in [5.74, 6) is -0.145. The Morgan fingerprint density at radius 2 is 1.77 bits per heavy atom. The van der Waals surface area contributed by atoms with Gasteiger partial charge < -0.3 is 10.4 Å². The highest BCUT2D eigenvalue weighted by Gasteiger charge is 2.33. The van der Waals surface area contributed by atoms with E-state index in [1.54, 1.807) is 0 Å². The van der Waals surface area contributed by atoms with Gasteiger partial charge in [-0.3, -0.25) is 14.4 Å². The number of fused-ring (bicyclic) bond motifs is 2. The highest BCUT2D eigenvalue weighted by molar-refractivity contribution is 5.94. The number of aliphatic hydroxyl groups excluding tert-OH is 1. The molecule has 2 aliphatic rings. The highest BCUT2D eigenvalue weighted by Crippen LogP contribution is 2.30. The van der Waals surface area contributed by atoms with Gasteiger partial charge in [-0.2, -0.15) is 5.10 Å². The lowest BCUT2D eigenvalue weighted by atomic mass is 10.0. The first-order valence-electron chi connectivity index (χ1n) is 11.1. The average molecular weight is 417 g/mol. The van der Waals surface area contributed by atoms with Crippen molar-refractivity contribution in [2.24, 2.45) is 0 Å². The van der Waals surface area contributed by atoms with Crippen LogP contribution in [0.3, 0.4) is 0 Å². The molecule has 2 N–H and O–H groups in total. The zero-order valence-electron chi connectivity index (χ0n) is 17.6. The summed E-state index contributed by atoms with van der Waals surface area (Å²) in [6, 6.07) is 19.1. The van der Waals surface area contributed by atoms with Crippen LogP contribution in [0.2, 0.25) is 0 Å². The van der Waals surface area contributed by atoms with Crippen molar-refractivity contribution in [1.29, 1.82) is 0 Å². The first kappa shape index (κ1) is 20.0. The molecule has 0 saturated heterocycles. The minimum absolute atomic E-state index is 0.0147. The molecule has 0 fully saturated rings. The molecule has 1 amide bonds. The van der Waals surface area contributed by atoms with Crippen LogP contribution >= 0.6 is 0 Å². The van der Waals surface area contributed by atoms with E-state index >= 15 is 0 Å². The smallest absolute Gasteiger partial charge is 0.272 e. The normalized spacial score (nSPS) is 16.2. The standard InChI is InChI=1S/C25H28N4O2/c30-13-12-29-23-10-11-28(21-14-19-8-4-5-9-20(19)15-21)17-22(23)24(27-29)25(31)26-16-18-6-2-1-3-7-18/h1-9,21,30H,10-17H2,(H,26,31). The molecule has 6 nitrogen and oxygen atoms in total.